The fraction of sp³-hybridized carbons (Fsp3) is 0.310. The van der Waals surface area contributed by atoms with Crippen molar-refractivity contribution in [3.8, 4) is 0 Å². The van der Waals surface area contributed by atoms with Crippen molar-refractivity contribution in [1.29, 1.82) is 0 Å². The maximum Gasteiger partial charge on any atom is 0.251 e. The van der Waals surface area contributed by atoms with Gasteiger partial charge in [0, 0.05) is 18.3 Å². The predicted molar refractivity (Wildman–Crippen MR) is 136 cm³/mol. The molecule has 1 N–H and O–H groups in total. The second-order valence-electron chi connectivity index (χ2n) is 8.72. The van der Waals surface area contributed by atoms with E-state index in [-0.39, 0.29) is 5.91 Å². The van der Waals surface area contributed by atoms with Crippen molar-refractivity contribution < 1.29 is 4.79 Å². The highest BCUT2D eigenvalue weighted by atomic mass is 16.1. The van der Waals surface area contributed by atoms with E-state index in [4.69, 9.17) is 0 Å². The van der Waals surface area contributed by atoms with Gasteiger partial charge in [0.2, 0.25) is 0 Å². The molecule has 0 atom stereocenters. The van der Waals surface area contributed by atoms with Crippen LogP contribution in [0.1, 0.15) is 58.4 Å². The van der Waals surface area contributed by atoms with E-state index < -0.39 is 0 Å². The van der Waals surface area contributed by atoms with Gasteiger partial charge in [0.15, 0.2) is 0 Å². The number of benzene rings is 2. The third-order valence-corrected chi connectivity index (χ3v) is 6.07. The topological polar surface area (TPSA) is 45.2 Å². The molecule has 4 nitrogen and oxygen atoms in total. The number of amides is 1. The maximum atomic E-state index is 12.6. The fourth-order valence-corrected chi connectivity index (χ4v) is 4.31. The van der Waals surface area contributed by atoms with Crippen LogP contribution in [0.3, 0.4) is 0 Å². The Morgan fingerprint density at radius 2 is 1.73 bits per heavy atom. The highest BCUT2D eigenvalue weighted by Gasteiger charge is 2.10. The van der Waals surface area contributed by atoms with E-state index in [9.17, 15) is 4.79 Å². The SMILES string of the molecule is O=C(NCCCN1CCCCC1)c1cccc(Cc2cccc(/C=C/c3ccccn3)c2)c1. The van der Waals surface area contributed by atoms with E-state index in [2.05, 4.69) is 51.6 Å². The monoisotopic (exact) mass is 439 g/mol. The molecule has 1 saturated heterocycles. The van der Waals surface area contributed by atoms with Crippen molar-refractivity contribution >= 4 is 18.1 Å². The van der Waals surface area contributed by atoms with Crippen molar-refractivity contribution in [2.45, 2.75) is 32.1 Å². The molecule has 0 bridgehead atoms. The molecule has 0 saturated carbocycles. The van der Waals surface area contributed by atoms with Crippen molar-refractivity contribution in [1.82, 2.24) is 15.2 Å². The Morgan fingerprint density at radius 3 is 2.55 bits per heavy atom. The molecule has 1 fully saturated rings. The van der Waals surface area contributed by atoms with Crippen molar-refractivity contribution in [3.05, 3.63) is 101 Å². The first-order chi connectivity index (χ1) is 16.3. The van der Waals surface area contributed by atoms with Crippen molar-refractivity contribution in [2.24, 2.45) is 0 Å². The third kappa shape index (κ3) is 7.40. The summed E-state index contributed by atoms with van der Waals surface area (Å²) in [4.78, 5) is 19.5. The number of carbonyl (C=O) groups is 1. The number of hydrogen-bond donors (Lipinski definition) is 1. The van der Waals surface area contributed by atoms with Crippen LogP contribution in [-0.2, 0) is 6.42 Å². The molecule has 0 aliphatic carbocycles. The standard InChI is InChI=1S/C29H33N3O/c33-29(31-17-8-20-32-18-4-1-5-19-32)27-12-7-11-26(23-27)22-25-10-6-9-24(21-25)14-15-28-13-2-3-16-30-28/h2-3,6-7,9-16,21,23H,1,4-5,8,17-20,22H2,(H,31,33)/b15-14+. The predicted octanol–water partition coefficient (Wildman–Crippen LogP) is 5.45. The Morgan fingerprint density at radius 1 is 0.909 bits per heavy atom. The summed E-state index contributed by atoms with van der Waals surface area (Å²) in [5, 5.41) is 3.09. The minimum atomic E-state index is 0.0162. The van der Waals surface area contributed by atoms with Crippen LogP contribution in [0.2, 0.25) is 0 Å². The summed E-state index contributed by atoms with van der Waals surface area (Å²) >= 11 is 0. The lowest BCUT2D eigenvalue weighted by atomic mass is 10.0. The zero-order valence-corrected chi connectivity index (χ0v) is 19.2. The molecule has 33 heavy (non-hydrogen) atoms. The van der Waals surface area contributed by atoms with Gasteiger partial charge in [-0.05, 0) is 92.3 Å². The summed E-state index contributed by atoms with van der Waals surface area (Å²) in [6.45, 7) is 4.21. The van der Waals surface area contributed by atoms with E-state index in [0.29, 0.717) is 0 Å². The summed E-state index contributed by atoms with van der Waals surface area (Å²) in [7, 11) is 0. The second-order valence-corrected chi connectivity index (χ2v) is 8.72. The van der Waals surface area contributed by atoms with Gasteiger partial charge in [-0.15, -0.1) is 0 Å². The maximum absolute atomic E-state index is 12.6. The minimum absolute atomic E-state index is 0.0162. The van der Waals surface area contributed by atoms with Crippen LogP contribution in [0.4, 0.5) is 0 Å². The minimum Gasteiger partial charge on any atom is -0.352 e. The summed E-state index contributed by atoms with van der Waals surface area (Å²) in [6.07, 6.45) is 11.7. The number of nitrogens with one attached hydrogen (secondary N) is 1. The molecular formula is C29H33N3O. The zero-order valence-electron chi connectivity index (χ0n) is 19.2. The van der Waals surface area contributed by atoms with Gasteiger partial charge in [0.1, 0.15) is 0 Å². The summed E-state index contributed by atoms with van der Waals surface area (Å²) in [6, 6.07) is 22.4. The van der Waals surface area contributed by atoms with Gasteiger partial charge in [-0.1, -0.05) is 55.0 Å². The lowest BCUT2D eigenvalue weighted by Gasteiger charge is -2.26. The van der Waals surface area contributed by atoms with Crippen LogP contribution in [-0.4, -0.2) is 42.0 Å². The Balaban J connectivity index is 1.30. The summed E-state index contributed by atoms with van der Waals surface area (Å²) in [5.41, 5.74) is 5.18. The number of hydrogen-bond acceptors (Lipinski definition) is 3. The molecule has 1 amide bonds. The average Bonchev–Trinajstić information content (AvgIpc) is 2.87. The first-order valence-electron chi connectivity index (χ1n) is 12.0. The lowest BCUT2D eigenvalue weighted by molar-refractivity contribution is 0.0951. The van der Waals surface area contributed by atoms with Crippen LogP contribution >= 0.6 is 0 Å². The van der Waals surface area contributed by atoms with Gasteiger partial charge in [0.25, 0.3) is 5.91 Å². The van der Waals surface area contributed by atoms with Crippen LogP contribution in [0.25, 0.3) is 12.2 Å². The Kier molecular flexibility index (Phi) is 8.42. The highest BCUT2D eigenvalue weighted by Crippen LogP contribution is 2.15. The molecule has 0 spiro atoms. The number of carbonyl (C=O) groups excluding carboxylic acids is 1. The van der Waals surface area contributed by atoms with Gasteiger partial charge in [0.05, 0.1) is 5.69 Å². The highest BCUT2D eigenvalue weighted by molar-refractivity contribution is 5.94. The molecule has 3 aromatic rings. The molecule has 4 rings (SSSR count). The molecule has 2 aromatic carbocycles. The third-order valence-electron chi connectivity index (χ3n) is 6.07. The molecular weight excluding hydrogens is 406 g/mol. The number of aromatic nitrogens is 1. The molecule has 2 heterocycles. The van der Waals surface area contributed by atoms with Crippen LogP contribution in [0, 0.1) is 0 Å². The van der Waals surface area contributed by atoms with E-state index in [1.807, 2.05) is 42.5 Å². The summed E-state index contributed by atoms with van der Waals surface area (Å²) < 4.78 is 0. The Hall–Kier alpha value is -3.24. The molecule has 1 aliphatic heterocycles. The number of rotatable bonds is 9. The average molecular weight is 440 g/mol. The van der Waals surface area contributed by atoms with E-state index in [1.54, 1.807) is 6.20 Å². The van der Waals surface area contributed by atoms with Crippen molar-refractivity contribution in [2.75, 3.05) is 26.2 Å². The first kappa shape index (κ1) is 22.9. The molecule has 170 valence electrons. The first-order valence-corrected chi connectivity index (χ1v) is 12.0. The Labute approximate surface area is 197 Å². The number of piperidine rings is 1. The number of nitrogens with zero attached hydrogens (tertiary/aromatic N) is 2. The largest absolute Gasteiger partial charge is 0.352 e. The molecule has 1 aliphatic rings. The molecule has 1 aromatic heterocycles. The molecule has 0 unspecified atom stereocenters. The Bertz CT molecular complexity index is 1060. The quantitative estimate of drug-likeness (QED) is 0.451. The second kappa shape index (κ2) is 12.1. The van der Waals surface area contributed by atoms with Gasteiger partial charge < -0.3 is 10.2 Å². The molecule has 0 radical (unpaired) electrons. The molecule has 4 heteroatoms. The smallest absolute Gasteiger partial charge is 0.251 e. The van der Waals surface area contributed by atoms with Gasteiger partial charge in [-0.25, -0.2) is 0 Å². The number of likely N-dealkylation sites (tertiary alicyclic amines) is 1. The number of pyridine rings is 1. The van der Waals surface area contributed by atoms with E-state index >= 15 is 0 Å². The van der Waals surface area contributed by atoms with Gasteiger partial charge in [-0.2, -0.15) is 0 Å². The van der Waals surface area contributed by atoms with Crippen LogP contribution < -0.4 is 5.32 Å². The van der Waals surface area contributed by atoms with E-state index in [1.165, 1.54) is 37.9 Å². The van der Waals surface area contributed by atoms with Crippen LogP contribution in [0.15, 0.2) is 72.9 Å². The van der Waals surface area contributed by atoms with Crippen LogP contribution in [0.5, 0.6) is 0 Å². The fourth-order valence-electron chi connectivity index (χ4n) is 4.31. The van der Waals surface area contributed by atoms with Crippen molar-refractivity contribution in [3.63, 3.8) is 0 Å². The van der Waals surface area contributed by atoms with E-state index in [0.717, 1.165) is 48.3 Å². The summed E-state index contributed by atoms with van der Waals surface area (Å²) in [5.74, 6) is 0.0162. The van der Waals surface area contributed by atoms with Gasteiger partial charge >= 0.3 is 0 Å². The van der Waals surface area contributed by atoms with Gasteiger partial charge in [-0.3, -0.25) is 9.78 Å². The normalized spacial score (nSPS) is 14.4. The zero-order chi connectivity index (χ0) is 22.7. The lowest BCUT2D eigenvalue weighted by Crippen LogP contribution is -2.33.